The first-order valence-electron chi connectivity index (χ1n) is 8.40. The van der Waals surface area contributed by atoms with Crippen LogP contribution in [0.4, 0.5) is 0 Å². The third kappa shape index (κ3) is 2.42. The summed E-state index contributed by atoms with van der Waals surface area (Å²) < 4.78 is 10.2. The molecule has 2 aromatic rings. The Bertz CT molecular complexity index is 830. The number of hydrogen-bond acceptors (Lipinski definition) is 6. The number of H-pyrrole nitrogens is 1. The van der Waals surface area contributed by atoms with Gasteiger partial charge >= 0.3 is 11.9 Å². The van der Waals surface area contributed by atoms with Crippen molar-refractivity contribution < 1.29 is 23.9 Å². The van der Waals surface area contributed by atoms with Crippen LogP contribution in [-0.4, -0.2) is 48.4 Å². The van der Waals surface area contributed by atoms with Gasteiger partial charge in [-0.1, -0.05) is 18.2 Å². The monoisotopic (exact) mass is 344 g/mol. The lowest BCUT2D eigenvalue weighted by Gasteiger charge is -2.35. The highest BCUT2D eigenvalue weighted by molar-refractivity contribution is 5.87. The number of nitrogens with one attached hydrogen (secondary N) is 1. The summed E-state index contributed by atoms with van der Waals surface area (Å²) in [6.07, 6.45) is 0.475. The lowest BCUT2D eigenvalue weighted by atomic mass is 9.88. The number of methoxy groups -OCH3 is 1. The van der Waals surface area contributed by atoms with Crippen molar-refractivity contribution in [1.29, 1.82) is 0 Å². The van der Waals surface area contributed by atoms with Crippen LogP contribution < -0.4 is 0 Å². The standard InChI is InChI=1S/C18H20N2O5/c1-3-24-18(22)14-8-11-10-6-4-5-7-13(10)19-15(11)16-12(17(21)23-2)9-25-20(14)16/h4-7,12,14,16,19H,3,8-9H2,1-2H3/t12-,14+,16-/m1/s1. The number of aromatic nitrogens is 1. The average molecular weight is 344 g/mol. The predicted molar refractivity (Wildman–Crippen MR) is 88.5 cm³/mol. The second kappa shape index (κ2) is 6.16. The first-order chi connectivity index (χ1) is 12.2. The molecule has 0 unspecified atom stereocenters. The van der Waals surface area contributed by atoms with E-state index in [1.165, 1.54) is 7.11 Å². The molecule has 4 rings (SSSR count). The van der Waals surface area contributed by atoms with Crippen LogP contribution in [0.2, 0.25) is 0 Å². The number of aromatic amines is 1. The molecule has 7 nitrogen and oxygen atoms in total. The van der Waals surface area contributed by atoms with Gasteiger partial charge in [0.15, 0.2) is 0 Å². The number of carbonyl (C=O) groups is 2. The quantitative estimate of drug-likeness (QED) is 0.854. The summed E-state index contributed by atoms with van der Waals surface area (Å²) in [4.78, 5) is 33.9. The third-order valence-corrected chi connectivity index (χ3v) is 4.97. The Kier molecular flexibility index (Phi) is 3.97. The van der Waals surface area contributed by atoms with Gasteiger partial charge < -0.3 is 14.5 Å². The summed E-state index contributed by atoms with van der Waals surface area (Å²) in [7, 11) is 1.36. The molecule has 25 heavy (non-hydrogen) atoms. The molecule has 0 radical (unpaired) electrons. The van der Waals surface area contributed by atoms with Crippen LogP contribution in [0.1, 0.15) is 24.2 Å². The molecule has 1 aromatic heterocycles. The van der Waals surface area contributed by atoms with Crippen LogP contribution >= 0.6 is 0 Å². The van der Waals surface area contributed by atoms with E-state index in [2.05, 4.69) is 4.98 Å². The Morgan fingerprint density at radius 3 is 2.88 bits per heavy atom. The Balaban J connectivity index is 1.84. The van der Waals surface area contributed by atoms with Crippen molar-refractivity contribution in [2.24, 2.45) is 5.92 Å². The second-order valence-corrected chi connectivity index (χ2v) is 6.26. The topological polar surface area (TPSA) is 80.9 Å². The molecule has 0 amide bonds. The summed E-state index contributed by atoms with van der Waals surface area (Å²) in [6.45, 7) is 2.26. The SMILES string of the molecule is CCOC(=O)[C@@H]1Cc2c([nH]c3ccccc23)[C@H]2[C@H](C(=O)OC)CON12. The van der Waals surface area contributed by atoms with Gasteiger partial charge in [0.25, 0.3) is 0 Å². The summed E-state index contributed by atoms with van der Waals surface area (Å²) >= 11 is 0. The molecule has 3 atom stereocenters. The van der Waals surface area contributed by atoms with Gasteiger partial charge in [0.1, 0.15) is 12.0 Å². The van der Waals surface area contributed by atoms with Crippen molar-refractivity contribution in [3.05, 3.63) is 35.5 Å². The zero-order valence-electron chi connectivity index (χ0n) is 14.2. The molecule has 7 heteroatoms. The molecule has 0 saturated carbocycles. The molecule has 1 fully saturated rings. The molecule has 2 aliphatic heterocycles. The predicted octanol–water partition coefficient (Wildman–Crippen LogP) is 1.73. The zero-order chi connectivity index (χ0) is 17.6. The molecule has 1 aromatic carbocycles. The summed E-state index contributed by atoms with van der Waals surface area (Å²) in [5, 5.41) is 2.67. The van der Waals surface area contributed by atoms with E-state index in [9.17, 15) is 9.59 Å². The number of ether oxygens (including phenoxy) is 2. The van der Waals surface area contributed by atoms with Crippen molar-refractivity contribution >= 4 is 22.8 Å². The lowest BCUT2D eigenvalue weighted by Crippen LogP contribution is -2.47. The van der Waals surface area contributed by atoms with E-state index >= 15 is 0 Å². The van der Waals surface area contributed by atoms with Crippen molar-refractivity contribution in [3.8, 4) is 0 Å². The molecule has 0 aliphatic carbocycles. The zero-order valence-corrected chi connectivity index (χ0v) is 14.2. The van der Waals surface area contributed by atoms with Gasteiger partial charge in [-0.25, -0.2) is 0 Å². The van der Waals surface area contributed by atoms with Crippen molar-refractivity contribution in [3.63, 3.8) is 0 Å². The minimum Gasteiger partial charge on any atom is -0.469 e. The average Bonchev–Trinajstić information content (AvgIpc) is 3.22. The van der Waals surface area contributed by atoms with Gasteiger partial charge in [0.05, 0.1) is 26.4 Å². The Morgan fingerprint density at radius 1 is 1.32 bits per heavy atom. The van der Waals surface area contributed by atoms with E-state index in [4.69, 9.17) is 14.3 Å². The molecule has 0 bridgehead atoms. The second-order valence-electron chi connectivity index (χ2n) is 6.26. The fourth-order valence-electron chi connectivity index (χ4n) is 3.88. The first kappa shape index (κ1) is 16.1. The number of benzene rings is 1. The molecule has 132 valence electrons. The van der Waals surface area contributed by atoms with Gasteiger partial charge in [-0.2, -0.15) is 5.06 Å². The fraction of sp³-hybridized carbons (Fsp3) is 0.444. The Hall–Kier alpha value is -2.38. The van der Waals surface area contributed by atoms with Crippen LogP contribution in [0.15, 0.2) is 24.3 Å². The van der Waals surface area contributed by atoms with Crippen molar-refractivity contribution in [2.75, 3.05) is 20.3 Å². The van der Waals surface area contributed by atoms with E-state index in [1.54, 1.807) is 12.0 Å². The number of rotatable bonds is 3. The number of hydroxylamine groups is 2. The minimum atomic E-state index is -0.577. The number of fused-ring (bicyclic) bond motifs is 5. The summed E-state index contributed by atoms with van der Waals surface area (Å²) in [5.74, 6) is -1.18. The number of nitrogens with zero attached hydrogens (tertiary/aromatic N) is 1. The molecule has 1 saturated heterocycles. The molecule has 0 spiro atoms. The third-order valence-electron chi connectivity index (χ3n) is 4.97. The van der Waals surface area contributed by atoms with Crippen LogP contribution in [0.25, 0.3) is 10.9 Å². The first-order valence-corrected chi connectivity index (χ1v) is 8.40. The molecule has 2 aliphatic rings. The maximum atomic E-state index is 12.5. The normalized spacial score (nSPS) is 25.4. The highest BCUT2D eigenvalue weighted by Gasteiger charge is 2.51. The van der Waals surface area contributed by atoms with Crippen molar-refractivity contribution in [1.82, 2.24) is 10.0 Å². The van der Waals surface area contributed by atoms with E-state index in [0.717, 1.165) is 22.2 Å². The molecular formula is C18H20N2O5. The molecule has 3 heterocycles. The smallest absolute Gasteiger partial charge is 0.326 e. The highest BCUT2D eigenvalue weighted by Crippen LogP contribution is 2.45. The van der Waals surface area contributed by atoms with E-state index in [0.29, 0.717) is 13.0 Å². The summed E-state index contributed by atoms with van der Waals surface area (Å²) in [5.41, 5.74) is 2.93. The highest BCUT2D eigenvalue weighted by atomic mass is 16.7. The number of esters is 2. The molecule has 1 N–H and O–H groups in total. The summed E-state index contributed by atoms with van der Waals surface area (Å²) in [6, 6.07) is 6.95. The van der Waals surface area contributed by atoms with Crippen LogP contribution in [-0.2, 0) is 30.3 Å². The maximum absolute atomic E-state index is 12.5. The van der Waals surface area contributed by atoms with Gasteiger partial charge in [-0.3, -0.25) is 14.4 Å². The van der Waals surface area contributed by atoms with E-state index < -0.39 is 18.0 Å². The number of carbonyl (C=O) groups excluding carboxylic acids is 2. The lowest BCUT2D eigenvalue weighted by molar-refractivity contribution is -0.192. The largest absolute Gasteiger partial charge is 0.469 e. The van der Waals surface area contributed by atoms with Gasteiger partial charge in [0.2, 0.25) is 0 Å². The Labute approximate surface area is 144 Å². The van der Waals surface area contributed by atoms with Gasteiger partial charge in [0, 0.05) is 23.0 Å². The Morgan fingerprint density at radius 2 is 2.12 bits per heavy atom. The number of hydrogen-bond donors (Lipinski definition) is 1. The fourth-order valence-corrected chi connectivity index (χ4v) is 3.88. The van der Waals surface area contributed by atoms with Crippen LogP contribution in [0.3, 0.4) is 0 Å². The van der Waals surface area contributed by atoms with E-state index in [1.807, 2.05) is 24.3 Å². The maximum Gasteiger partial charge on any atom is 0.326 e. The van der Waals surface area contributed by atoms with Crippen molar-refractivity contribution in [2.45, 2.75) is 25.4 Å². The van der Waals surface area contributed by atoms with E-state index in [-0.39, 0.29) is 18.5 Å². The van der Waals surface area contributed by atoms with Crippen LogP contribution in [0, 0.1) is 5.92 Å². The van der Waals surface area contributed by atoms with Gasteiger partial charge in [-0.05, 0) is 18.6 Å². The number of para-hydroxylation sites is 1. The minimum absolute atomic E-state index is 0.183. The van der Waals surface area contributed by atoms with Gasteiger partial charge in [-0.15, -0.1) is 0 Å². The molecular weight excluding hydrogens is 324 g/mol. The van der Waals surface area contributed by atoms with Crippen LogP contribution in [0.5, 0.6) is 0 Å².